The molecule has 3 aromatic carbocycles. The zero-order valence-corrected chi connectivity index (χ0v) is 16.7. The third-order valence-electron chi connectivity index (χ3n) is 4.66. The highest BCUT2D eigenvalue weighted by atomic mass is 16.5. The molecule has 0 aliphatic carbocycles. The van der Waals surface area contributed by atoms with E-state index < -0.39 is 5.91 Å². The molecule has 0 saturated heterocycles. The summed E-state index contributed by atoms with van der Waals surface area (Å²) in [6.45, 7) is 0.180. The molecule has 1 heterocycles. The van der Waals surface area contributed by atoms with Gasteiger partial charge in [0.25, 0.3) is 11.8 Å². The molecule has 7 nitrogen and oxygen atoms in total. The second kappa shape index (κ2) is 9.58. The highest BCUT2D eigenvalue weighted by molar-refractivity contribution is 6.02. The molecule has 1 aliphatic heterocycles. The lowest BCUT2D eigenvalue weighted by Gasteiger charge is -2.28. The molecule has 3 aromatic rings. The van der Waals surface area contributed by atoms with Gasteiger partial charge in [-0.25, -0.2) is 5.43 Å². The number of benzene rings is 3. The minimum atomic E-state index is -0.413. The van der Waals surface area contributed by atoms with Crippen LogP contribution in [0.2, 0.25) is 0 Å². The van der Waals surface area contributed by atoms with E-state index in [9.17, 15) is 9.59 Å². The average molecular weight is 415 g/mol. The van der Waals surface area contributed by atoms with Crippen molar-refractivity contribution in [2.24, 2.45) is 5.10 Å². The van der Waals surface area contributed by atoms with E-state index in [1.807, 2.05) is 60.7 Å². The van der Waals surface area contributed by atoms with Crippen molar-refractivity contribution >= 4 is 23.7 Å². The molecule has 2 amide bonds. The monoisotopic (exact) mass is 415 g/mol. The van der Waals surface area contributed by atoms with Crippen LogP contribution in [-0.2, 0) is 16.2 Å². The molecule has 0 fully saturated rings. The second-order valence-corrected chi connectivity index (χ2v) is 6.84. The van der Waals surface area contributed by atoms with Gasteiger partial charge in [-0.1, -0.05) is 54.6 Å². The Bertz CT molecular complexity index is 1100. The largest absolute Gasteiger partial charge is 0.488 e. The van der Waals surface area contributed by atoms with E-state index in [1.165, 1.54) is 11.1 Å². The van der Waals surface area contributed by atoms with E-state index in [4.69, 9.17) is 9.47 Å². The Kier molecular flexibility index (Phi) is 6.23. The number of carbonyl (C=O) groups is 2. The van der Waals surface area contributed by atoms with E-state index in [0.717, 1.165) is 11.1 Å². The van der Waals surface area contributed by atoms with Crippen LogP contribution in [0.4, 0.5) is 5.69 Å². The third kappa shape index (κ3) is 5.08. The topological polar surface area (TPSA) is 80.2 Å². The lowest BCUT2D eigenvalue weighted by molar-refractivity contribution is -0.125. The fraction of sp³-hybridized carbons (Fsp3) is 0.125. The summed E-state index contributed by atoms with van der Waals surface area (Å²) in [4.78, 5) is 25.9. The predicted molar refractivity (Wildman–Crippen MR) is 117 cm³/mol. The zero-order valence-electron chi connectivity index (χ0n) is 16.7. The molecule has 0 atom stereocenters. The molecule has 1 N–H and O–H groups in total. The van der Waals surface area contributed by atoms with Crippen LogP contribution in [0.25, 0.3) is 0 Å². The Morgan fingerprint density at radius 3 is 2.65 bits per heavy atom. The molecule has 0 unspecified atom stereocenters. The number of fused-ring (bicyclic) bond motifs is 1. The van der Waals surface area contributed by atoms with E-state index >= 15 is 0 Å². The van der Waals surface area contributed by atoms with Crippen LogP contribution in [0.15, 0.2) is 84.0 Å². The molecule has 0 aromatic heterocycles. The van der Waals surface area contributed by atoms with Gasteiger partial charge in [0.2, 0.25) is 0 Å². The Hall–Kier alpha value is -4.13. The summed E-state index contributed by atoms with van der Waals surface area (Å²) in [6, 6.07) is 24.4. The summed E-state index contributed by atoms with van der Waals surface area (Å²) < 4.78 is 11.3. The standard InChI is InChI=1S/C24H21N3O4/c28-23(15-27-20-11-5-7-13-22(20)31-17-24(27)29)26-25-14-19-10-4-6-12-21(19)30-16-18-8-2-1-3-9-18/h1-14H,15-17H2,(H,26,28)/b25-14-. The van der Waals surface area contributed by atoms with Gasteiger partial charge in [0.05, 0.1) is 11.9 Å². The Morgan fingerprint density at radius 1 is 1.03 bits per heavy atom. The summed E-state index contributed by atoms with van der Waals surface area (Å²) in [7, 11) is 0. The SMILES string of the molecule is O=C(CN1C(=O)COc2ccccc21)N/N=C\c1ccccc1OCc1ccccc1. The van der Waals surface area contributed by atoms with Gasteiger partial charge in [-0.05, 0) is 29.8 Å². The highest BCUT2D eigenvalue weighted by Crippen LogP contribution is 2.31. The first kappa shape index (κ1) is 20.2. The van der Waals surface area contributed by atoms with Crippen LogP contribution >= 0.6 is 0 Å². The number of carbonyl (C=O) groups excluding carboxylic acids is 2. The molecule has 31 heavy (non-hydrogen) atoms. The number of rotatable bonds is 7. The van der Waals surface area contributed by atoms with Crippen LogP contribution < -0.4 is 19.8 Å². The summed E-state index contributed by atoms with van der Waals surface area (Å²) in [5, 5.41) is 4.03. The molecule has 156 valence electrons. The second-order valence-electron chi connectivity index (χ2n) is 6.84. The lowest BCUT2D eigenvalue weighted by atomic mass is 10.2. The minimum absolute atomic E-state index is 0.0975. The maximum absolute atomic E-state index is 12.4. The number of nitrogens with zero attached hydrogens (tertiary/aromatic N) is 2. The van der Waals surface area contributed by atoms with Crippen LogP contribution in [0, 0.1) is 0 Å². The average Bonchev–Trinajstić information content (AvgIpc) is 2.81. The number of amides is 2. The van der Waals surface area contributed by atoms with Gasteiger partial charge < -0.3 is 9.47 Å². The van der Waals surface area contributed by atoms with Crippen molar-refractivity contribution in [3.05, 3.63) is 90.0 Å². The van der Waals surface area contributed by atoms with Crippen LogP contribution in [0.1, 0.15) is 11.1 Å². The van der Waals surface area contributed by atoms with Crippen LogP contribution in [0.3, 0.4) is 0 Å². The Morgan fingerprint density at radius 2 is 1.77 bits per heavy atom. The minimum Gasteiger partial charge on any atom is -0.488 e. The smallest absolute Gasteiger partial charge is 0.265 e. The number of para-hydroxylation sites is 3. The first-order chi connectivity index (χ1) is 15.2. The van der Waals surface area contributed by atoms with Gasteiger partial charge in [0, 0.05) is 5.56 Å². The van der Waals surface area contributed by atoms with Crippen molar-refractivity contribution in [1.29, 1.82) is 0 Å². The lowest BCUT2D eigenvalue weighted by Crippen LogP contribution is -2.44. The number of nitrogens with one attached hydrogen (secondary N) is 1. The molecule has 0 saturated carbocycles. The number of anilines is 1. The van der Waals surface area contributed by atoms with Crippen LogP contribution in [0.5, 0.6) is 11.5 Å². The van der Waals surface area contributed by atoms with Crippen molar-refractivity contribution in [2.75, 3.05) is 18.1 Å². The molecule has 0 bridgehead atoms. The number of hydrogen-bond donors (Lipinski definition) is 1. The molecular weight excluding hydrogens is 394 g/mol. The van der Waals surface area contributed by atoms with Gasteiger partial charge in [-0.15, -0.1) is 0 Å². The normalized spacial score (nSPS) is 12.9. The molecular formula is C24H21N3O4. The van der Waals surface area contributed by atoms with Gasteiger partial charge in [-0.3, -0.25) is 14.5 Å². The van der Waals surface area contributed by atoms with E-state index in [2.05, 4.69) is 10.5 Å². The molecule has 0 radical (unpaired) electrons. The van der Waals surface area contributed by atoms with Gasteiger partial charge in [0.1, 0.15) is 24.7 Å². The molecule has 0 spiro atoms. The van der Waals surface area contributed by atoms with E-state index in [1.54, 1.807) is 18.2 Å². The zero-order chi connectivity index (χ0) is 21.5. The van der Waals surface area contributed by atoms with Crippen molar-refractivity contribution in [3.63, 3.8) is 0 Å². The number of hydrazone groups is 1. The molecule has 1 aliphatic rings. The number of ether oxygens (including phenoxy) is 2. The third-order valence-corrected chi connectivity index (χ3v) is 4.66. The van der Waals surface area contributed by atoms with E-state index in [0.29, 0.717) is 23.8 Å². The maximum atomic E-state index is 12.4. The summed E-state index contributed by atoms with van der Waals surface area (Å²) in [5.41, 5.74) is 4.82. The quantitative estimate of drug-likeness (QED) is 0.475. The highest BCUT2D eigenvalue weighted by Gasteiger charge is 2.26. The van der Waals surface area contributed by atoms with Crippen molar-refractivity contribution in [2.45, 2.75) is 6.61 Å². The van der Waals surface area contributed by atoms with Gasteiger partial charge in [-0.2, -0.15) is 5.10 Å². The molecule has 7 heteroatoms. The summed E-state index contributed by atoms with van der Waals surface area (Å²) in [6.07, 6.45) is 1.52. The first-order valence-corrected chi connectivity index (χ1v) is 9.80. The fourth-order valence-corrected chi connectivity index (χ4v) is 3.13. The van der Waals surface area contributed by atoms with Crippen LogP contribution in [-0.4, -0.2) is 31.2 Å². The predicted octanol–water partition coefficient (Wildman–Crippen LogP) is 3.14. The number of hydrogen-bond acceptors (Lipinski definition) is 5. The van der Waals surface area contributed by atoms with E-state index in [-0.39, 0.29) is 19.1 Å². The molecule has 4 rings (SSSR count). The maximum Gasteiger partial charge on any atom is 0.265 e. The summed E-state index contributed by atoms with van der Waals surface area (Å²) >= 11 is 0. The fourth-order valence-electron chi connectivity index (χ4n) is 3.13. The Balaban J connectivity index is 1.37. The van der Waals surface area contributed by atoms with Crippen molar-refractivity contribution in [3.8, 4) is 11.5 Å². The summed E-state index contributed by atoms with van der Waals surface area (Å²) in [5.74, 6) is 0.533. The van der Waals surface area contributed by atoms with Gasteiger partial charge in [0.15, 0.2) is 6.61 Å². The van der Waals surface area contributed by atoms with Gasteiger partial charge >= 0.3 is 0 Å². The van der Waals surface area contributed by atoms with Crippen molar-refractivity contribution < 1.29 is 19.1 Å². The first-order valence-electron chi connectivity index (χ1n) is 9.80. The Labute approximate surface area is 179 Å². The van der Waals surface area contributed by atoms with Crippen molar-refractivity contribution in [1.82, 2.24) is 5.43 Å².